The number of ether oxygens (including phenoxy) is 1. The molecule has 3 nitrogen and oxygen atoms in total. The average molecular weight is 244 g/mol. The summed E-state index contributed by atoms with van der Waals surface area (Å²) in [6, 6.07) is 7.45. The third-order valence-electron chi connectivity index (χ3n) is 2.24. The summed E-state index contributed by atoms with van der Waals surface area (Å²) in [4.78, 5) is 0. The van der Waals surface area contributed by atoms with Gasteiger partial charge < -0.3 is 15.2 Å². The zero-order valence-electron chi connectivity index (χ0n) is 9.45. The number of aliphatic hydroxyl groups is 1. The largest absolute Gasteiger partial charge is 0.492 e. The number of likely N-dealkylation sites (N-methyl/N-ethyl adjacent to an activating group) is 1. The summed E-state index contributed by atoms with van der Waals surface area (Å²) in [7, 11) is 0. The molecule has 0 aliphatic heterocycles. The highest BCUT2D eigenvalue weighted by atomic mass is 35.5. The van der Waals surface area contributed by atoms with E-state index in [4.69, 9.17) is 21.4 Å². The van der Waals surface area contributed by atoms with Crippen LogP contribution in [0.1, 0.15) is 13.3 Å². The number of hydrogen-bond donors (Lipinski definition) is 2. The van der Waals surface area contributed by atoms with E-state index in [0.29, 0.717) is 18.1 Å². The highest BCUT2D eigenvalue weighted by Gasteiger charge is 2.07. The van der Waals surface area contributed by atoms with Crippen LogP contribution in [0.5, 0.6) is 5.75 Å². The van der Waals surface area contributed by atoms with Gasteiger partial charge in [0, 0.05) is 17.7 Å². The predicted molar refractivity (Wildman–Crippen MR) is 66.1 cm³/mol. The van der Waals surface area contributed by atoms with Crippen LogP contribution in [-0.4, -0.2) is 30.9 Å². The highest BCUT2D eigenvalue weighted by Crippen LogP contribution is 2.15. The zero-order valence-corrected chi connectivity index (χ0v) is 10.2. The lowest BCUT2D eigenvalue weighted by molar-refractivity contribution is 0.215. The molecule has 0 saturated carbocycles. The smallest absolute Gasteiger partial charge is 0.119 e. The van der Waals surface area contributed by atoms with Gasteiger partial charge in [0.15, 0.2) is 0 Å². The van der Waals surface area contributed by atoms with Crippen molar-refractivity contribution in [1.29, 1.82) is 0 Å². The van der Waals surface area contributed by atoms with E-state index >= 15 is 0 Å². The number of nitrogens with one attached hydrogen (secondary N) is 1. The van der Waals surface area contributed by atoms with Crippen molar-refractivity contribution >= 4 is 11.6 Å². The third-order valence-corrected chi connectivity index (χ3v) is 2.49. The van der Waals surface area contributed by atoms with E-state index in [1.165, 1.54) is 0 Å². The van der Waals surface area contributed by atoms with Crippen molar-refractivity contribution in [2.24, 2.45) is 0 Å². The van der Waals surface area contributed by atoms with Crippen molar-refractivity contribution in [2.45, 2.75) is 19.4 Å². The third kappa shape index (κ3) is 4.84. The summed E-state index contributed by atoms with van der Waals surface area (Å²) in [6.07, 6.45) is 0.696. The molecule has 0 radical (unpaired) electrons. The van der Waals surface area contributed by atoms with Gasteiger partial charge >= 0.3 is 0 Å². The highest BCUT2D eigenvalue weighted by molar-refractivity contribution is 6.30. The molecule has 0 aliphatic rings. The van der Waals surface area contributed by atoms with Crippen molar-refractivity contribution in [1.82, 2.24) is 5.32 Å². The van der Waals surface area contributed by atoms with E-state index in [2.05, 4.69) is 5.32 Å². The van der Waals surface area contributed by atoms with Crippen LogP contribution >= 0.6 is 11.6 Å². The predicted octanol–water partition coefficient (Wildman–Crippen LogP) is 2.08. The van der Waals surface area contributed by atoms with Crippen LogP contribution in [0, 0.1) is 0 Å². The summed E-state index contributed by atoms with van der Waals surface area (Å²) < 4.78 is 5.60. The second kappa shape index (κ2) is 7.49. The minimum Gasteiger partial charge on any atom is -0.492 e. The van der Waals surface area contributed by atoms with E-state index in [-0.39, 0.29) is 12.6 Å². The van der Waals surface area contributed by atoms with Crippen LogP contribution in [-0.2, 0) is 0 Å². The fourth-order valence-electron chi connectivity index (χ4n) is 1.42. The molecule has 1 aromatic rings. The summed E-state index contributed by atoms with van der Waals surface area (Å²) >= 11 is 5.77. The fourth-order valence-corrected chi connectivity index (χ4v) is 1.54. The first kappa shape index (κ1) is 13.3. The van der Waals surface area contributed by atoms with Crippen molar-refractivity contribution in [3.8, 4) is 5.75 Å². The Labute approximate surface area is 101 Å². The van der Waals surface area contributed by atoms with E-state index < -0.39 is 0 Å². The lowest BCUT2D eigenvalue weighted by atomic mass is 10.2. The van der Waals surface area contributed by atoms with Gasteiger partial charge in [-0.1, -0.05) is 18.5 Å². The second-order valence-electron chi connectivity index (χ2n) is 3.53. The molecule has 0 fully saturated rings. The molecule has 1 unspecified atom stereocenters. The Hall–Kier alpha value is -0.770. The molecule has 0 aliphatic carbocycles. The monoisotopic (exact) mass is 243 g/mol. The maximum atomic E-state index is 8.88. The Bertz CT molecular complexity index is 284. The van der Waals surface area contributed by atoms with Crippen LogP contribution in [0.2, 0.25) is 5.02 Å². The Balaban J connectivity index is 2.38. The van der Waals surface area contributed by atoms with Gasteiger partial charge in [0.05, 0.1) is 0 Å². The maximum absolute atomic E-state index is 8.88. The summed E-state index contributed by atoms with van der Waals surface area (Å²) in [5, 5.41) is 12.8. The molecule has 0 bridgehead atoms. The van der Waals surface area contributed by atoms with Gasteiger partial charge in [0.2, 0.25) is 0 Å². The van der Waals surface area contributed by atoms with Crippen molar-refractivity contribution < 1.29 is 9.84 Å². The average Bonchev–Trinajstić information content (AvgIpc) is 2.29. The molecule has 1 aromatic carbocycles. The molecular weight excluding hydrogens is 226 g/mol. The Kier molecular flexibility index (Phi) is 6.23. The normalized spacial score (nSPS) is 12.4. The van der Waals surface area contributed by atoms with Crippen LogP contribution in [0.4, 0.5) is 0 Å². The molecule has 16 heavy (non-hydrogen) atoms. The molecule has 0 spiro atoms. The number of aliphatic hydroxyl groups excluding tert-OH is 1. The fraction of sp³-hybridized carbons (Fsp3) is 0.500. The topological polar surface area (TPSA) is 41.5 Å². The van der Waals surface area contributed by atoms with Gasteiger partial charge in [0.25, 0.3) is 0 Å². The van der Waals surface area contributed by atoms with Gasteiger partial charge in [0.1, 0.15) is 12.4 Å². The lowest BCUT2D eigenvalue weighted by Gasteiger charge is -2.17. The van der Waals surface area contributed by atoms with Gasteiger partial charge in [-0.15, -0.1) is 0 Å². The second-order valence-corrected chi connectivity index (χ2v) is 3.97. The Morgan fingerprint density at radius 1 is 1.38 bits per heavy atom. The molecule has 90 valence electrons. The Morgan fingerprint density at radius 3 is 2.62 bits per heavy atom. The van der Waals surface area contributed by atoms with E-state index in [1.807, 2.05) is 19.1 Å². The van der Waals surface area contributed by atoms with Crippen molar-refractivity contribution in [3.63, 3.8) is 0 Å². The van der Waals surface area contributed by atoms with Crippen molar-refractivity contribution in [3.05, 3.63) is 29.3 Å². The number of hydrogen-bond acceptors (Lipinski definition) is 3. The van der Waals surface area contributed by atoms with Gasteiger partial charge in [-0.3, -0.25) is 0 Å². The molecule has 2 N–H and O–H groups in total. The van der Waals surface area contributed by atoms with Crippen LogP contribution in [0.15, 0.2) is 24.3 Å². The molecule has 1 rings (SSSR count). The van der Waals surface area contributed by atoms with Gasteiger partial charge in [-0.2, -0.15) is 0 Å². The maximum Gasteiger partial charge on any atom is 0.119 e. The van der Waals surface area contributed by atoms with Crippen LogP contribution < -0.4 is 10.1 Å². The summed E-state index contributed by atoms with van der Waals surface area (Å²) in [6.45, 7) is 3.62. The SMILES string of the molecule is CCNC(CCO)COc1ccc(Cl)cc1. The summed E-state index contributed by atoms with van der Waals surface area (Å²) in [5.41, 5.74) is 0. The quantitative estimate of drug-likeness (QED) is 0.771. The first-order valence-electron chi connectivity index (χ1n) is 5.49. The molecule has 1 atom stereocenters. The van der Waals surface area contributed by atoms with Crippen molar-refractivity contribution in [2.75, 3.05) is 19.8 Å². The molecule has 0 aromatic heterocycles. The molecule has 4 heteroatoms. The van der Waals surface area contributed by atoms with Gasteiger partial charge in [-0.25, -0.2) is 0 Å². The van der Waals surface area contributed by atoms with Gasteiger partial charge in [-0.05, 0) is 37.2 Å². The first-order valence-corrected chi connectivity index (χ1v) is 5.86. The van der Waals surface area contributed by atoms with Crippen LogP contribution in [0.3, 0.4) is 0 Å². The molecule has 0 saturated heterocycles. The van der Waals surface area contributed by atoms with E-state index in [9.17, 15) is 0 Å². The molecular formula is C12H18ClNO2. The molecule has 0 amide bonds. The minimum absolute atomic E-state index is 0.168. The zero-order chi connectivity index (χ0) is 11.8. The minimum atomic E-state index is 0.168. The molecule has 0 heterocycles. The lowest BCUT2D eigenvalue weighted by Crippen LogP contribution is -2.35. The first-order chi connectivity index (χ1) is 7.76. The van der Waals surface area contributed by atoms with E-state index in [0.717, 1.165) is 12.3 Å². The summed E-state index contributed by atoms with van der Waals surface area (Å²) in [5.74, 6) is 0.797. The van der Waals surface area contributed by atoms with Crippen LogP contribution in [0.25, 0.3) is 0 Å². The Morgan fingerprint density at radius 2 is 2.06 bits per heavy atom. The number of benzene rings is 1. The number of halogens is 1. The number of rotatable bonds is 7. The standard InChI is InChI=1S/C12H18ClNO2/c1-2-14-11(7-8-15)9-16-12-5-3-10(13)4-6-12/h3-6,11,14-15H,2,7-9H2,1H3. The van der Waals surface area contributed by atoms with E-state index in [1.54, 1.807) is 12.1 Å².